The number of thiophene rings is 1. The normalized spacial score (nSPS) is 17.0. The summed E-state index contributed by atoms with van der Waals surface area (Å²) in [6.45, 7) is 5.10. The number of hydrogen-bond acceptors (Lipinski definition) is 3. The van der Waals surface area contributed by atoms with Gasteiger partial charge in [0.15, 0.2) is 0 Å². The van der Waals surface area contributed by atoms with Crippen LogP contribution in [0.1, 0.15) is 31.2 Å². The van der Waals surface area contributed by atoms with E-state index in [1.54, 1.807) is 17.6 Å². The standard InChI is InChI=1S/C11H18BrNOS2/c1-8(16(3)14)4-6-13-9(2)11-10(12)5-7-15-11/h5,7-9,13H,4,6H2,1-3H3. The van der Waals surface area contributed by atoms with Crippen LogP contribution in [0.15, 0.2) is 15.9 Å². The number of nitrogens with one attached hydrogen (secondary N) is 1. The lowest BCUT2D eigenvalue weighted by molar-refractivity contribution is 0.559. The van der Waals surface area contributed by atoms with Crippen LogP contribution >= 0.6 is 27.3 Å². The Morgan fingerprint density at radius 2 is 2.25 bits per heavy atom. The van der Waals surface area contributed by atoms with E-state index in [0.717, 1.165) is 13.0 Å². The average Bonchev–Trinajstić information content (AvgIpc) is 2.64. The highest BCUT2D eigenvalue weighted by molar-refractivity contribution is 9.10. The highest BCUT2D eigenvalue weighted by atomic mass is 79.9. The molecule has 0 radical (unpaired) electrons. The molecule has 0 spiro atoms. The SMILES string of the molecule is CC(NCCC(C)S(C)=O)c1sccc1Br. The summed E-state index contributed by atoms with van der Waals surface area (Å²) < 4.78 is 12.4. The molecule has 5 heteroatoms. The van der Waals surface area contributed by atoms with Crippen molar-refractivity contribution in [3.8, 4) is 0 Å². The number of rotatable bonds is 6. The second-order valence-electron chi connectivity index (χ2n) is 3.91. The molecule has 3 unspecified atom stereocenters. The minimum absolute atomic E-state index is 0.270. The predicted octanol–water partition coefficient (Wildman–Crippen LogP) is 3.32. The van der Waals surface area contributed by atoms with Gasteiger partial charge in [0.05, 0.1) is 0 Å². The Balaban J connectivity index is 2.34. The number of hydrogen-bond donors (Lipinski definition) is 1. The molecule has 0 saturated heterocycles. The van der Waals surface area contributed by atoms with Crippen LogP contribution in [0, 0.1) is 0 Å². The second-order valence-corrected chi connectivity index (χ2v) is 7.51. The van der Waals surface area contributed by atoms with Gasteiger partial charge in [-0.3, -0.25) is 4.21 Å². The monoisotopic (exact) mass is 323 g/mol. The van der Waals surface area contributed by atoms with Crippen molar-refractivity contribution >= 4 is 38.1 Å². The van der Waals surface area contributed by atoms with Crippen LogP contribution < -0.4 is 5.32 Å². The van der Waals surface area contributed by atoms with Gasteiger partial charge in [0.1, 0.15) is 0 Å². The molecular formula is C11H18BrNOS2. The topological polar surface area (TPSA) is 29.1 Å². The van der Waals surface area contributed by atoms with Gasteiger partial charge in [-0.1, -0.05) is 6.92 Å². The summed E-state index contributed by atoms with van der Waals surface area (Å²) in [4.78, 5) is 1.32. The van der Waals surface area contributed by atoms with E-state index in [1.807, 2.05) is 6.92 Å². The molecule has 92 valence electrons. The van der Waals surface area contributed by atoms with E-state index in [-0.39, 0.29) is 5.25 Å². The third kappa shape index (κ3) is 4.28. The quantitative estimate of drug-likeness (QED) is 0.870. The maximum Gasteiger partial charge on any atom is 0.0397 e. The second kappa shape index (κ2) is 6.89. The molecule has 0 saturated carbocycles. The van der Waals surface area contributed by atoms with Gasteiger partial charge >= 0.3 is 0 Å². The molecule has 0 bridgehead atoms. The molecule has 1 aromatic heterocycles. The van der Waals surface area contributed by atoms with Gasteiger partial charge in [-0.2, -0.15) is 0 Å². The van der Waals surface area contributed by atoms with Crippen molar-refractivity contribution in [2.75, 3.05) is 12.8 Å². The first kappa shape index (κ1) is 14.4. The van der Waals surface area contributed by atoms with E-state index < -0.39 is 10.8 Å². The predicted molar refractivity (Wildman–Crippen MR) is 76.6 cm³/mol. The summed E-state index contributed by atoms with van der Waals surface area (Å²) in [6, 6.07) is 2.42. The summed E-state index contributed by atoms with van der Waals surface area (Å²) in [7, 11) is -0.713. The molecule has 1 heterocycles. The lowest BCUT2D eigenvalue weighted by atomic mass is 10.2. The minimum atomic E-state index is -0.713. The summed E-state index contributed by atoms with van der Waals surface area (Å²) >= 11 is 5.29. The lowest BCUT2D eigenvalue weighted by Gasteiger charge is -2.14. The average molecular weight is 324 g/mol. The molecule has 16 heavy (non-hydrogen) atoms. The zero-order valence-electron chi connectivity index (χ0n) is 9.83. The van der Waals surface area contributed by atoms with Crippen LogP contribution in [-0.2, 0) is 10.8 Å². The molecule has 0 aliphatic heterocycles. The Bertz CT molecular complexity index is 354. The molecule has 1 N–H and O–H groups in total. The van der Waals surface area contributed by atoms with Crippen molar-refractivity contribution in [3.05, 3.63) is 20.8 Å². The molecule has 0 amide bonds. The Morgan fingerprint density at radius 1 is 1.56 bits per heavy atom. The van der Waals surface area contributed by atoms with Gasteiger partial charge in [0, 0.05) is 37.7 Å². The van der Waals surface area contributed by atoms with Crippen LogP contribution in [0.3, 0.4) is 0 Å². The van der Waals surface area contributed by atoms with Crippen molar-refractivity contribution in [3.63, 3.8) is 0 Å². The minimum Gasteiger partial charge on any atom is -0.309 e. The fourth-order valence-electron chi connectivity index (χ4n) is 1.38. The highest BCUT2D eigenvalue weighted by Crippen LogP contribution is 2.28. The molecule has 0 aromatic carbocycles. The molecule has 1 rings (SSSR count). The first-order valence-corrected chi connectivity index (χ1v) is 8.60. The molecule has 0 aliphatic carbocycles. The number of halogens is 1. The molecule has 3 atom stereocenters. The van der Waals surface area contributed by atoms with Gasteiger partial charge in [0.25, 0.3) is 0 Å². The van der Waals surface area contributed by atoms with Gasteiger partial charge < -0.3 is 5.32 Å². The lowest BCUT2D eigenvalue weighted by Crippen LogP contribution is -2.23. The van der Waals surface area contributed by atoms with Crippen molar-refractivity contribution in [2.24, 2.45) is 0 Å². The smallest absolute Gasteiger partial charge is 0.0397 e. The molecule has 2 nitrogen and oxygen atoms in total. The van der Waals surface area contributed by atoms with Crippen LogP contribution in [0.5, 0.6) is 0 Å². The Hall–Kier alpha value is 0.290. The summed E-state index contributed by atoms with van der Waals surface area (Å²) in [5.74, 6) is 0. The van der Waals surface area contributed by atoms with Gasteiger partial charge in [-0.05, 0) is 47.3 Å². The Kier molecular flexibility index (Phi) is 6.18. The zero-order valence-corrected chi connectivity index (χ0v) is 13.0. The maximum absolute atomic E-state index is 11.2. The zero-order chi connectivity index (χ0) is 12.1. The van der Waals surface area contributed by atoms with Crippen LogP contribution in [0.2, 0.25) is 0 Å². The largest absolute Gasteiger partial charge is 0.309 e. The Morgan fingerprint density at radius 3 is 2.75 bits per heavy atom. The summed E-state index contributed by atoms with van der Waals surface area (Å²) in [5.41, 5.74) is 0. The van der Waals surface area contributed by atoms with Crippen LogP contribution in [-0.4, -0.2) is 22.3 Å². The molecular weight excluding hydrogens is 306 g/mol. The van der Waals surface area contributed by atoms with E-state index in [1.165, 1.54) is 9.35 Å². The van der Waals surface area contributed by atoms with E-state index in [2.05, 4.69) is 39.6 Å². The molecule has 1 aromatic rings. The third-order valence-electron chi connectivity index (χ3n) is 2.61. The van der Waals surface area contributed by atoms with Crippen LogP contribution in [0.25, 0.3) is 0 Å². The van der Waals surface area contributed by atoms with E-state index in [0.29, 0.717) is 6.04 Å². The first-order valence-electron chi connectivity index (χ1n) is 5.31. The van der Waals surface area contributed by atoms with Gasteiger partial charge in [-0.25, -0.2) is 0 Å². The Labute approximate surface area is 112 Å². The molecule has 0 aliphatic rings. The summed E-state index contributed by atoms with van der Waals surface area (Å²) in [5, 5.41) is 5.81. The third-order valence-corrected chi connectivity index (χ3v) is 6.03. The fourth-order valence-corrected chi connectivity index (χ4v) is 3.58. The van der Waals surface area contributed by atoms with E-state index >= 15 is 0 Å². The van der Waals surface area contributed by atoms with Crippen molar-refractivity contribution in [1.29, 1.82) is 0 Å². The van der Waals surface area contributed by atoms with Crippen molar-refractivity contribution < 1.29 is 4.21 Å². The van der Waals surface area contributed by atoms with Gasteiger partial charge in [0.2, 0.25) is 0 Å². The summed E-state index contributed by atoms with van der Waals surface area (Å²) in [6.07, 6.45) is 2.72. The first-order chi connectivity index (χ1) is 7.52. The highest BCUT2D eigenvalue weighted by Gasteiger charge is 2.11. The van der Waals surface area contributed by atoms with Crippen molar-refractivity contribution in [1.82, 2.24) is 5.32 Å². The van der Waals surface area contributed by atoms with E-state index in [4.69, 9.17) is 0 Å². The van der Waals surface area contributed by atoms with Crippen molar-refractivity contribution in [2.45, 2.75) is 31.6 Å². The van der Waals surface area contributed by atoms with Gasteiger partial charge in [-0.15, -0.1) is 11.3 Å². The maximum atomic E-state index is 11.2. The van der Waals surface area contributed by atoms with Crippen LogP contribution in [0.4, 0.5) is 0 Å². The van der Waals surface area contributed by atoms with E-state index in [9.17, 15) is 4.21 Å². The molecule has 0 fully saturated rings. The fraction of sp³-hybridized carbons (Fsp3) is 0.636.